The van der Waals surface area contributed by atoms with Gasteiger partial charge in [-0.2, -0.15) is 11.8 Å². The van der Waals surface area contributed by atoms with Gasteiger partial charge in [-0.1, -0.05) is 17.6 Å². The smallest absolute Gasteiger partial charge is 0.341 e. The van der Waals surface area contributed by atoms with Gasteiger partial charge in [0.05, 0.1) is 25.8 Å². The number of fused-ring (bicyclic) bond motifs is 1. The Hall–Kier alpha value is -3.11. The molecule has 0 bridgehead atoms. The fraction of sp³-hybridized carbons (Fsp3) is 0.571. The minimum Gasteiger partial charge on any atom is -0.493 e. The Morgan fingerprint density at radius 1 is 1.30 bits per heavy atom. The van der Waals surface area contributed by atoms with Crippen molar-refractivity contribution in [2.45, 2.75) is 49.4 Å². The molecule has 2 fully saturated rings. The minimum absolute atomic E-state index is 0.0107. The summed E-state index contributed by atoms with van der Waals surface area (Å²) in [5, 5.41) is 12.7. The van der Waals surface area contributed by atoms with E-state index in [4.69, 9.17) is 15.0 Å². The Balaban J connectivity index is 1.30. The highest BCUT2D eigenvalue weighted by Crippen LogP contribution is 2.33. The van der Waals surface area contributed by atoms with E-state index in [-0.39, 0.29) is 41.9 Å². The van der Waals surface area contributed by atoms with Crippen LogP contribution in [0.25, 0.3) is 10.4 Å². The van der Waals surface area contributed by atoms with E-state index in [0.29, 0.717) is 30.3 Å². The Bertz CT molecular complexity index is 922. The average Bonchev–Trinajstić information content (AvgIpc) is 3.35. The molecule has 1 aromatic carbocycles. The number of nitrogens with zero attached hydrogens (tertiary/aromatic N) is 3. The van der Waals surface area contributed by atoms with E-state index < -0.39 is 5.97 Å². The summed E-state index contributed by atoms with van der Waals surface area (Å²) in [7, 11) is 1.27. The van der Waals surface area contributed by atoms with Crippen LogP contribution in [-0.2, 0) is 9.53 Å². The lowest BCUT2D eigenvalue weighted by Gasteiger charge is -2.16. The number of urea groups is 1. The number of hydrogen-bond acceptors (Lipinski definition) is 7. The minimum atomic E-state index is -0.552. The topological polar surface area (TPSA) is 155 Å². The van der Waals surface area contributed by atoms with Crippen LogP contribution in [0.15, 0.2) is 23.3 Å². The molecule has 11 nitrogen and oxygen atoms in total. The van der Waals surface area contributed by atoms with Crippen molar-refractivity contribution in [3.05, 3.63) is 34.2 Å². The second-order valence-electron chi connectivity index (χ2n) is 7.78. The van der Waals surface area contributed by atoms with E-state index in [2.05, 4.69) is 26.0 Å². The van der Waals surface area contributed by atoms with Gasteiger partial charge < -0.3 is 25.4 Å². The molecule has 3 atom stereocenters. The third-order valence-corrected chi connectivity index (χ3v) is 7.02. The third-order valence-electron chi connectivity index (χ3n) is 5.51. The molecule has 3 amide bonds. The predicted molar refractivity (Wildman–Crippen MR) is 124 cm³/mol. The van der Waals surface area contributed by atoms with Crippen molar-refractivity contribution in [2.24, 2.45) is 5.11 Å². The molecule has 2 aliphatic rings. The van der Waals surface area contributed by atoms with Crippen LogP contribution in [0, 0.1) is 0 Å². The summed E-state index contributed by atoms with van der Waals surface area (Å²) < 4.78 is 10.4. The van der Waals surface area contributed by atoms with Crippen molar-refractivity contribution in [3.8, 4) is 5.75 Å². The van der Waals surface area contributed by atoms with Gasteiger partial charge in [-0.25, -0.2) is 9.59 Å². The van der Waals surface area contributed by atoms with E-state index in [1.165, 1.54) is 25.3 Å². The van der Waals surface area contributed by atoms with Gasteiger partial charge in [-0.3, -0.25) is 4.79 Å². The molecule has 12 heteroatoms. The number of amides is 3. The quantitative estimate of drug-likeness (QED) is 0.105. The molecule has 2 heterocycles. The number of azide groups is 1. The molecule has 2 saturated heterocycles. The molecule has 0 saturated carbocycles. The molecule has 0 spiro atoms. The van der Waals surface area contributed by atoms with Crippen molar-refractivity contribution in [1.82, 2.24) is 16.0 Å². The molecule has 178 valence electrons. The second-order valence-corrected chi connectivity index (χ2v) is 9.05. The lowest BCUT2D eigenvalue weighted by Crippen LogP contribution is -2.36. The molecule has 0 aromatic heterocycles. The van der Waals surface area contributed by atoms with Crippen LogP contribution < -0.4 is 20.7 Å². The molecule has 1 aromatic rings. The van der Waals surface area contributed by atoms with Crippen molar-refractivity contribution in [2.75, 3.05) is 26.0 Å². The van der Waals surface area contributed by atoms with Crippen LogP contribution in [-0.4, -0.2) is 61.3 Å². The highest BCUT2D eigenvalue weighted by atomic mass is 32.2. The zero-order valence-corrected chi connectivity index (χ0v) is 19.2. The summed E-state index contributed by atoms with van der Waals surface area (Å²) in [6, 6.07) is 4.80. The number of benzene rings is 1. The maximum atomic E-state index is 12.1. The van der Waals surface area contributed by atoms with Crippen LogP contribution >= 0.6 is 11.8 Å². The van der Waals surface area contributed by atoms with Crippen LogP contribution in [0.5, 0.6) is 5.75 Å². The molecule has 0 aliphatic carbocycles. The first kappa shape index (κ1) is 24.5. The summed E-state index contributed by atoms with van der Waals surface area (Å²) in [5.74, 6) is 0.638. The van der Waals surface area contributed by atoms with Crippen molar-refractivity contribution in [1.29, 1.82) is 0 Å². The number of carbonyl (C=O) groups excluding carboxylic acids is 3. The number of thioether (sulfide) groups is 1. The summed E-state index contributed by atoms with van der Waals surface area (Å²) in [6.07, 6.45) is 3.72. The first-order valence-corrected chi connectivity index (χ1v) is 11.9. The normalized spacial score (nSPS) is 20.8. The highest BCUT2D eigenvalue weighted by molar-refractivity contribution is 8.00. The number of carbonyl (C=O) groups is 3. The van der Waals surface area contributed by atoms with Crippen molar-refractivity contribution in [3.63, 3.8) is 0 Å². The average molecular weight is 477 g/mol. The zero-order chi connectivity index (χ0) is 23.6. The number of methoxy groups -OCH3 is 1. The van der Waals surface area contributed by atoms with E-state index in [0.717, 1.165) is 25.0 Å². The maximum Gasteiger partial charge on any atom is 0.341 e. The first-order chi connectivity index (χ1) is 16.0. The highest BCUT2D eigenvalue weighted by Gasteiger charge is 2.42. The van der Waals surface area contributed by atoms with Crippen LogP contribution in [0.4, 0.5) is 10.5 Å². The number of rotatable bonds is 12. The number of nitrogens with one attached hydrogen (secondary N) is 3. The van der Waals surface area contributed by atoms with E-state index in [1.54, 1.807) is 0 Å². The standard InChI is InChI=1S/C21H28N6O5S/c1-31-20(29)14-8-7-13(26-27-22)11-16(14)32-10-4-9-23-18(28)6-3-2-5-17-19-15(12-33-17)24-21(30)25-19/h7-8,11,15,17,19H,2-6,9-10,12H2,1H3,(H,23,28)(H2,24,25,30)/t15-,17-,19-/m0/s1. The third kappa shape index (κ3) is 6.93. The number of unbranched alkanes of at least 4 members (excludes halogenated alkanes) is 1. The van der Waals surface area contributed by atoms with Crippen molar-refractivity contribution < 1.29 is 23.9 Å². The lowest BCUT2D eigenvalue weighted by molar-refractivity contribution is -0.121. The molecule has 0 unspecified atom stereocenters. The van der Waals surface area contributed by atoms with Gasteiger partial charge in [0.15, 0.2) is 0 Å². The second kappa shape index (κ2) is 12.2. The predicted octanol–water partition coefficient (Wildman–Crippen LogP) is 3.03. The van der Waals surface area contributed by atoms with Gasteiger partial charge in [0.25, 0.3) is 0 Å². The Morgan fingerprint density at radius 3 is 2.94 bits per heavy atom. The molecule has 33 heavy (non-hydrogen) atoms. The fourth-order valence-electron chi connectivity index (χ4n) is 3.87. The molecule has 3 N–H and O–H groups in total. The lowest BCUT2D eigenvalue weighted by atomic mass is 10.0. The van der Waals surface area contributed by atoms with Crippen LogP contribution in [0.1, 0.15) is 42.5 Å². The van der Waals surface area contributed by atoms with Gasteiger partial charge in [-0.15, -0.1) is 0 Å². The Kier molecular flexibility index (Phi) is 9.08. The molecule has 3 rings (SSSR count). The molecular formula is C21H28N6O5S. The Labute approximate surface area is 196 Å². The van der Waals surface area contributed by atoms with E-state index >= 15 is 0 Å². The Morgan fingerprint density at radius 2 is 2.15 bits per heavy atom. The molecule has 0 radical (unpaired) electrons. The number of ether oxygens (including phenoxy) is 2. The zero-order valence-electron chi connectivity index (χ0n) is 18.4. The monoisotopic (exact) mass is 476 g/mol. The number of esters is 1. The van der Waals surface area contributed by atoms with Gasteiger partial charge >= 0.3 is 12.0 Å². The molecule has 2 aliphatic heterocycles. The van der Waals surface area contributed by atoms with Gasteiger partial charge in [0.1, 0.15) is 11.3 Å². The summed E-state index contributed by atoms with van der Waals surface area (Å²) >= 11 is 1.88. The molecular weight excluding hydrogens is 448 g/mol. The van der Waals surface area contributed by atoms with Gasteiger partial charge in [-0.05, 0) is 36.9 Å². The van der Waals surface area contributed by atoms with Crippen LogP contribution in [0.2, 0.25) is 0 Å². The SMILES string of the molecule is COC(=O)c1ccc(N=[N+]=[N-])cc1OCCCNC(=O)CCCC[C@@H]1SC[C@@H]2NC(=O)N[C@@H]21. The van der Waals surface area contributed by atoms with E-state index in [9.17, 15) is 14.4 Å². The fourth-order valence-corrected chi connectivity index (χ4v) is 5.41. The first-order valence-electron chi connectivity index (χ1n) is 10.9. The van der Waals surface area contributed by atoms with Crippen LogP contribution in [0.3, 0.4) is 0 Å². The van der Waals surface area contributed by atoms with Gasteiger partial charge in [0, 0.05) is 34.6 Å². The summed E-state index contributed by atoms with van der Waals surface area (Å²) in [5.41, 5.74) is 9.14. The van der Waals surface area contributed by atoms with E-state index in [1.807, 2.05) is 11.8 Å². The van der Waals surface area contributed by atoms with Gasteiger partial charge in [0.2, 0.25) is 5.91 Å². The summed E-state index contributed by atoms with van der Waals surface area (Å²) in [6.45, 7) is 0.716. The van der Waals surface area contributed by atoms with Crippen molar-refractivity contribution >= 4 is 35.4 Å². The largest absolute Gasteiger partial charge is 0.493 e. The maximum absolute atomic E-state index is 12.1. The number of hydrogen-bond donors (Lipinski definition) is 3. The summed E-state index contributed by atoms with van der Waals surface area (Å²) in [4.78, 5) is 38.1.